The number of carbonyl (C=O) groups is 1. The zero-order valence-electron chi connectivity index (χ0n) is 15.7. The van der Waals surface area contributed by atoms with E-state index >= 15 is 0 Å². The lowest BCUT2D eigenvalue weighted by Gasteiger charge is -2.22. The summed E-state index contributed by atoms with van der Waals surface area (Å²) in [4.78, 5) is 23.4. The van der Waals surface area contributed by atoms with Crippen molar-refractivity contribution < 1.29 is 9.18 Å². The zero-order chi connectivity index (χ0) is 20.0. The SMILES string of the molecule is CC(C)N1C(=O)c2c(nc(N)nc2-c2ccn(C)n2)/C1=C\c1ccccc1F. The molecule has 0 saturated heterocycles. The summed E-state index contributed by atoms with van der Waals surface area (Å²) >= 11 is 0. The number of amides is 1. The van der Waals surface area contributed by atoms with Crippen LogP contribution in [0.5, 0.6) is 0 Å². The predicted molar refractivity (Wildman–Crippen MR) is 104 cm³/mol. The first-order valence-corrected chi connectivity index (χ1v) is 8.84. The first-order chi connectivity index (χ1) is 13.4. The number of aryl methyl sites for hydroxylation is 1. The summed E-state index contributed by atoms with van der Waals surface area (Å²) in [6, 6.07) is 7.96. The second kappa shape index (κ2) is 6.56. The molecule has 8 heteroatoms. The molecule has 1 aliphatic heterocycles. The fourth-order valence-electron chi connectivity index (χ4n) is 3.33. The molecule has 0 fully saturated rings. The molecule has 0 saturated carbocycles. The lowest BCUT2D eigenvalue weighted by molar-refractivity contribution is 0.0822. The van der Waals surface area contributed by atoms with Gasteiger partial charge in [-0.15, -0.1) is 0 Å². The number of hydrogen-bond acceptors (Lipinski definition) is 5. The van der Waals surface area contributed by atoms with Crippen LogP contribution in [0.25, 0.3) is 23.2 Å². The number of halogens is 1. The fourth-order valence-corrected chi connectivity index (χ4v) is 3.33. The lowest BCUT2D eigenvalue weighted by atomic mass is 10.1. The number of hydrogen-bond donors (Lipinski definition) is 1. The topological polar surface area (TPSA) is 89.9 Å². The minimum atomic E-state index is -0.383. The Labute approximate surface area is 161 Å². The van der Waals surface area contributed by atoms with Gasteiger partial charge in [0.15, 0.2) is 0 Å². The van der Waals surface area contributed by atoms with Crippen molar-refractivity contribution >= 4 is 23.6 Å². The molecule has 2 aromatic heterocycles. The molecule has 4 rings (SSSR count). The quantitative estimate of drug-likeness (QED) is 0.757. The Balaban J connectivity index is 1.99. The maximum Gasteiger partial charge on any atom is 0.263 e. The van der Waals surface area contributed by atoms with E-state index in [1.54, 1.807) is 53.2 Å². The van der Waals surface area contributed by atoms with Crippen LogP contribution in [0.2, 0.25) is 0 Å². The van der Waals surface area contributed by atoms with Crippen molar-refractivity contribution in [3.8, 4) is 11.4 Å². The van der Waals surface area contributed by atoms with Gasteiger partial charge in [-0.3, -0.25) is 9.48 Å². The van der Waals surface area contributed by atoms with E-state index in [9.17, 15) is 9.18 Å². The molecule has 0 spiro atoms. The van der Waals surface area contributed by atoms with E-state index in [4.69, 9.17) is 5.73 Å². The van der Waals surface area contributed by atoms with Gasteiger partial charge in [0.1, 0.15) is 22.9 Å². The van der Waals surface area contributed by atoms with Gasteiger partial charge in [0.25, 0.3) is 5.91 Å². The van der Waals surface area contributed by atoms with Crippen LogP contribution in [-0.4, -0.2) is 36.6 Å². The molecule has 0 aliphatic carbocycles. The number of rotatable bonds is 3. The third-order valence-corrected chi connectivity index (χ3v) is 4.53. The van der Waals surface area contributed by atoms with Crippen LogP contribution in [0, 0.1) is 5.82 Å². The van der Waals surface area contributed by atoms with Crippen LogP contribution in [0.4, 0.5) is 10.3 Å². The molecule has 0 atom stereocenters. The van der Waals surface area contributed by atoms with E-state index < -0.39 is 0 Å². The molecule has 0 bridgehead atoms. The first-order valence-electron chi connectivity index (χ1n) is 8.84. The van der Waals surface area contributed by atoms with Gasteiger partial charge < -0.3 is 10.6 Å². The van der Waals surface area contributed by atoms with E-state index in [0.717, 1.165) is 0 Å². The number of anilines is 1. The van der Waals surface area contributed by atoms with Crippen molar-refractivity contribution in [3.05, 3.63) is 59.2 Å². The third-order valence-electron chi connectivity index (χ3n) is 4.53. The number of nitrogens with zero attached hydrogens (tertiary/aromatic N) is 5. The van der Waals surface area contributed by atoms with Crippen molar-refractivity contribution in [1.29, 1.82) is 0 Å². The molecule has 1 aromatic carbocycles. The molecule has 1 amide bonds. The van der Waals surface area contributed by atoms with Gasteiger partial charge in [-0.05, 0) is 32.1 Å². The average Bonchev–Trinajstić information content (AvgIpc) is 3.18. The smallest absolute Gasteiger partial charge is 0.263 e. The maximum absolute atomic E-state index is 14.3. The van der Waals surface area contributed by atoms with Gasteiger partial charge in [-0.1, -0.05) is 18.2 Å². The van der Waals surface area contributed by atoms with Gasteiger partial charge in [-0.2, -0.15) is 5.10 Å². The number of fused-ring (bicyclic) bond motifs is 1. The van der Waals surface area contributed by atoms with Gasteiger partial charge in [0.05, 0.1) is 11.3 Å². The van der Waals surface area contributed by atoms with Gasteiger partial charge in [0.2, 0.25) is 5.95 Å². The summed E-state index contributed by atoms with van der Waals surface area (Å²) in [5.41, 5.74) is 8.40. The zero-order valence-corrected chi connectivity index (χ0v) is 15.7. The molecular weight excluding hydrogens is 359 g/mol. The van der Waals surface area contributed by atoms with Gasteiger partial charge in [-0.25, -0.2) is 14.4 Å². The highest BCUT2D eigenvalue weighted by Gasteiger charge is 2.39. The Morgan fingerprint density at radius 1 is 1.14 bits per heavy atom. The fraction of sp³-hybridized carbons (Fsp3) is 0.200. The van der Waals surface area contributed by atoms with E-state index in [0.29, 0.717) is 33.9 Å². The Morgan fingerprint density at radius 2 is 1.86 bits per heavy atom. The molecule has 1 aliphatic rings. The summed E-state index contributed by atoms with van der Waals surface area (Å²) < 4.78 is 15.9. The highest BCUT2D eigenvalue weighted by Crippen LogP contribution is 2.39. The summed E-state index contributed by atoms with van der Waals surface area (Å²) in [7, 11) is 1.78. The summed E-state index contributed by atoms with van der Waals surface area (Å²) in [5, 5.41) is 4.35. The van der Waals surface area contributed by atoms with E-state index in [2.05, 4.69) is 15.1 Å². The van der Waals surface area contributed by atoms with Crippen LogP contribution >= 0.6 is 0 Å². The van der Waals surface area contributed by atoms with Crippen molar-refractivity contribution in [1.82, 2.24) is 24.6 Å². The molecule has 28 heavy (non-hydrogen) atoms. The Bertz CT molecular complexity index is 1120. The molecule has 3 aromatic rings. The van der Waals surface area contributed by atoms with Crippen LogP contribution in [0.3, 0.4) is 0 Å². The van der Waals surface area contributed by atoms with Gasteiger partial charge in [0, 0.05) is 24.8 Å². The number of carbonyl (C=O) groups excluding carboxylic acids is 1. The summed E-state index contributed by atoms with van der Waals surface area (Å²) in [5.74, 6) is -0.614. The molecule has 0 unspecified atom stereocenters. The van der Waals surface area contributed by atoms with Gasteiger partial charge >= 0.3 is 0 Å². The first kappa shape index (κ1) is 17.8. The highest BCUT2D eigenvalue weighted by atomic mass is 19.1. The van der Waals surface area contributed by atoms with E-state index in [1.807, 2.05) is 13.8 Å². The number of nitrogens with two attached hydrogens (primary N) is 1. The number of aromatic nitrogens is 4. The van der Waals surface area contributed by atoms with E-state index in [-0.39, 0.29) is 23.7 Å². The summed E-state index contributed by atoms with van der Waals surface area (Å²) in [6.45, 7) is 3.77. The Morgan fingerprint density at radius 3 is 2.50 bits per heavy atom. The maximum atomic E-state index is 14.3. The van der Waals surface area contributed by atoms with Crippen LogP contribution < -0.4 is 5.73 Å². The van der Waals surface area contributed by atoms with E-state index in [1.165, 1.54) is 6.07 Å². The van der Waals surface area contributed by atoms with Crippen molar-refractivity contribution in [2.24, 2.45) is 7.05 Å². The van der Waals surface area contributed by atoms with Crippen molar-refractivity contribution in [2.45, 2.75) is 19.9 Å². The highest BCUT2D eigenvalue weighted by molar-refractivity contribution is 6.14. The third kappa shape index (κ3) is 2.83. The average molecular weight is 378 g/mol. The van der Waals surface area contributed by atoms with Crippen LogP contribution in [0.1, 0.15) is 35.5 Å². The standard InChI is InChI=1S/C20H19FN6O/c1-11(2)27-15(10-12-6-4-5-7-13(12)21)18-16(19(27)28)17(23-20(22)24-18)14-8-9-26(3)25-14/h4-11H,1-3H3,(H2,22,23,24)/b15-10+. The van der Waals surface area contributed by atoms with Crippen molar-refractivity contribution in [3.63, 3.8) is 0 Å². The lowest BCUT2D eigenvalue weighted by Crippen LogP contribution is -2.30. The molecule has 7 nitrogen and oxygen atoms in total. The largest absolute Gasteiger partial charge is 0.368 e. The Hall–Kier alpha value is -3.55. The normalized spacial score (nSPS) is 15.0. The molecule has 0 radical (unpaired) electrons. The Kier molecular flexibility index (Phi) is 4.18. The predicted octanol–water partition coefficient (Wildman–Crippen LogP) is 2.96. The second-order valence-corrected chi connectivity index (χ2v) is 6.85. The molecule has 2 N–H and O–H groups in total. The number of benzene rings is 1. The minimum Gasteiger partial charge on any atom is -0.368 e. The molecule has 3 heterocycles. The van der Waals surface area contributed by atoms with Crippen LogP contribution in [0.15, 0.2) is 36.5 Å². The van der Waals surface area contributed by atoms with Crippen molar-refractivity contribution in [2.75, 3.05) is 5.73 Å². The molecular formula is C20H19FN6O. The number of nitrogen functional groups attached to an aromatic ring is 1. The minimum absolute atomic E-state index is 0.0252. The monoisotopic (exact) mass is 378 g/mol. The summed E-state index contributed by atoms with van der Waals surface area (Å²) in [6.07, 6.45) is 3.38. The molecule has 142 valence electrons. The van der Waals surface area contributed by atoms with Crippen LogP contribution in [-0.2, 0) is 7.05 Å². The second-order valence-electron chi connectivity index (χ2n) is 6.85.